The van der Waals surface area contributed by atoms with Gasteiger partial charge in [-0.25, -0.2) is 4.79 Å². The molecule has 0 amide bonds. The van der Waals surface area contributed by atoms with Crippen LogP contribution in [-0.4, -0.2) is 23.7 Å². The van der Waals surface area contributed by atoms with Gasteiger partial charge in [0.15, 0.2) is 0 Å². The van der Waals surface area contributed by atoms with Crippen LogP contribution in [0.3, 0.4) is 0 Å². The van der Waals surface area contributed by atoms with Gasteiger partial charge in [0.05, 0.1) is 0 Å². The van der Waals surface area contributed by atoms with E-state index in [1.165, 1.54) is 13.3 Å². The van der Waals surface area contributed by atoms with Gasteiger partial charge in [-0.1, -0.05) is 0 Å². The van der Waals surface area contributed by atoms with Crippen molar-refractivity contribution in [3.05, 3.63) is 6.42 Å². The topological polar surface area (TPSA) is 63.6 Å². The summed E-state index contributed by atoms with van der Waals surface area (Å²) < 4.78 is 4.10. The van der Waals surface area contributed by atoms with Gasteiger partial charge in [-0.15, -0.1) is 6.42 Å². The van der Waals surface area contributed by atoms with E-state index < -0.39 is 6.16 Å². The summed E-state index contributed by atoms with van der Waals surface area (Å²) in [5.41, 5.74) is 0. The van der Waals surface area contributed by atoms with Crippen molar-refractivity contribution < 1.29 is 52.1 Å². The van der Waals surface area contributed by atoms with Crippen LogP contribution in [0, 0.1) is 6.42 Å². The number of Topliss-reactive ketones (excluding diaryl/α,β-unsaturated/α-hetero) is 1. The molecule has 61 valence electrons. The van der Waals surface area contributed by atoms with E-state index in [0.29, 0.717) is 0 Å². The molecular formula is C6H9O4Y-. The Labute approximate surface area is 90.2 Å². The van der Waals surface area contributed by atoms with E-state index >= 15 is 0 Å². The maximum atomic E-state index is 10.3. The van der Waals surface area contributed by atoms with Crippen molar-refractivity contribution in [3.8, 4) is 0 Å². The van der Waals surface area contributed by atoms with E-state index in [4.69, 9.17) is 5.11 Å². The predicted octanol–water partition coefficient (Wildman–Crippen LogP) is 0.862. The Hall–Kier alpha value is 0.0439. The van der Waals surface area contributed by atoms with E-state index in [0.717, 1.165) is 0 Å². The first-order chi connectivity index (χ1) is 4.63. The Kier molecular flexibility index (Phi) is 10.1. The Bertz CT molecular complexity index is 119. The molecule has 0 aromatic heterocycles. The van der Waals surface area contributed by atoms with Gasteiger partial charge in [0, 0.05) is 32.7 Å². The first kappa shape index (κ1) is 13.6. The van der Waals surface area contributed by atoms with Crippen molar-refractivity contribution in [2.75, 3.05) is 6.61 Å². The molecule has 0 heterocycles. The molecule has 0 spiro atoms. The van der Waals surface area contributed by atoms with E-state index in [2.05, 4.69) is 4.74 Å². The minimum atomic E-state index is -1.32. The second-order valence-electron chi connectivity index (χ2n) is 1.77. The van der Waals surface area contributed by atoms with Crippen LogP contribution < -0.4 is 0 Å². The molecule has 0 fully saturated rings. The quantitative estimate of drug-likeness (QED) is 0.445. The fourth-order valence-corrected chi connectivity index (χ4v) is 0.392. The molecule has 5 heteroatoms. The smallest absolute Gasteiger partial charge is 0.467 e. The van der Waals surface area contributed by atoms with Crippen LogP contribution in [0.15, 0.2) is 0 Å². The summed E-state index contributed by atoms with van der Waals surface area (Å²) in [4.78, 5) is 20.0. The molecule has 0 aromatic carbocycles. The largest absolute Gasteiger partial charge is 0.503 e. The third-order valence-electron chi connectivity index (χ3n) is 0.756. The van der Waals surface area contributed by atoms with Gasteiger partial charge >= 0.3 is 6.16 Å². The summed E-state index contributed by atoms with van der Waals surface area (Å²) in [6, 6.07) is 0. The Balaban J connectivity index is 0. The van der Waals surface area contributed by atoms with Gasteiger partial charge in [-0.2, -0.15) is 0 Å². The standard InChI is InChI=1S/C6H9O4.Y/c1-5(7)3-2-4-10-6(8)9;/h2H,3-4H2,1H3,(H,8,9);/q-1;. The van der Waals surface area contributed by atoms with Gasteiger partial charge in [0.25, 0.3) is 0 Å². The first-order valence-electron chi connectivity index (χ1n) is 2.79. The Morgan fingerprint density at radius 1 is 1.55 bits per heavy atom. The minimum Gasteiger partial charge on any atom is -0.467 e. The summed E-state index contributed by atoms with van der Waals surface area (Å²) >= 11 is 0. The summed E-state index contributed by atoms with van der Waals surface area (Å²) in [7, 11) is 0. The average Bonchev–Trinajstić information content (AvgIpc) is 1.79. The second-order valence-corrected chi connectivity index (χ2v) is 1.77. The number of ether oxygens (including phenoxy) is 1. The molecule has 0 rings (SSSR count). The number of rotatable bonds is 4. The number of hydrogen-bond donors (Lipinski definition) is 1. The molecule has 0 aromatic rings. The van der Waals surface area contributed by atoms with E-state index in [-0.39, 0.29) is 51.5 Å². The third-order valence-corrected chi connectivity index (χ3v) is 0.756. The van der Waals surface area contributed by atoms with Crippen molar-refractivity contribution in [1.82, 2.24) is 0 Å². The fraction of sp³-hybridized carbons (Fsp3) is 0.500. The number of hydrogen-bond acceptors (Lipinski definition) is 3. The van der Waals surface area contributed by atoms with Crippen molar-refractivity contribution >= 4 is 11.9 Å². The Morgan fingerprint density at radius 2 is 2.09 bits per heavy atom. The zero-order valence-corrected chi connectivity index (χ0v) is 9.08. The molecule has 0 aliphatic heterocycles. The second kappa shape index (κ2) is 8.14. The fourth-order valence-electron chi connectivity index (χ4n) is 0.392. The van der Waals surface area contributed by atoms with Gasteiger partial charge in [-0.05, 0) is 13.5 Å². The summed E-state index contributed by atoms with van der Waals surface area (Å²) in [6.45, 7) is 1.41. The van der Waals surface area contributed by atoms with Crippen molar-refractivity contribution in [1.29, 1.82) is 0 Å². The number of carbonyl (C=O) groups is 2. The van der Waals surface area contributed by atoms with Crippen molar-refractivity contribution in [2.24, 2.45) is 0 Å². The van der Waals surface area contributed by atoms with Crippen LogP contribution in [0.2, 0.25) is 0 Å². The molecule has 0 aliphatic carbocycles. The molecule has 0 aliphatic rings. The first-order valence-corrected chi connectivity index (χ1v) is 2.79. The van der Waals surface area contributed by atoms with Gasteiger partial charge in [0.2, 0.25) is 0 Å². The SMILES string of the molecule is CC(=O)C[CH-]COC(=O)O.[Y]. The molecule has 0 saturated carbocycles. The van der Waals surface area contributed by atoms with Crippen molar-refractivity contribution in [3.63, 3.8) is 0 Å². The third kappa shape index (κ3) is 13.1. The zero-order valence-electron chi connectivity index (χ0n) is 6.24. The normalized spacial score (nSPS) is 8.09. The molecule has 4 nitrogen and oxygen atoms in total. The molecule has 1 N–H and O–H groups in total. The van der Waals surface area contributed by atoms with Crippen LogP contribution in [0.25, 0.3) is 0 Å². The minimum absolute atomic E-state index is 0. The van der Waals surface area contributed by atoms with Crippen LogP contribution in [0.4, 0.5) is 4.79 Å². The van der Waals surface area contributed by atoms with E-state index in [1.54, 1.807) is 0 Å². The zero-order chi connectivity index (χ0) is 7.98. The van der Waals surface area contributed by atoms with Gasteiger partial charge in [-0.3, -0.25) is 6.42 Å². The van der Waals surface area contributed by atoms with Crippen LogP contribution in [0.5, 0.6) is 0 Å². The van der Waals surface area contributed by atoms with Crippen LogP contribution >= 0.6 is 0 Å². The number of carbonyl (C=O) groups excluding carboxylic acids is 1. The number of carboxylic acid groups (broad SMARTS) is 1. The molecule has 0 unspecified atom stereocenters. The molecular weight excluding hydrogens is 225 g/mol. The molecule has 0 bridgehead atoms. The summed E-state index contributed by atoms with van der Waals surface area (Å²) in [5.74, 6) is -0.00557. The van der Waals surface area contributed by atoms with Crippen LogP contribution in [-0.2, 0) is 42.2 Å². The molecule has 0 saturated heterocycles. The van der Waals surface area contributed by atoms with Crippen LogP contribution in [0.1, 0.15) is 13.3 Å². The molecule has 1 radical (unpaired) electrons. The molecule has 0 atom stereocenters. The predicted molar refractivity (Wildman–Crippen MR) is 33.6 cm³/mol. The van der Waals surface area contributed by atoms with E-state index in [1.807, 2.05) is 0 Å². The maximum Gasteiger partial charge on any atom is 0.503 e. The average molecular weight is 234 g/mol. The molecule has 11 heavy (non-hydrogen) atoms. The summed E-state index contributed by atoms with van der Waals surface area (Å²) in [6.07, 6.45) is 0.406. The van der Waals surface area contributed by atoms with Gasteiger partial charge in [0.1, 0.15) is 5.78 Å². The van der Waals surface area contributed by atoms with E-state index in [9.17, 15) is 9.59 Å². The van der Waals surface area contributed by atoms with Gasteiger partial charge < -0.3 is 14.6 Å². The summed E-state index contributed by atoms with van der Waals surface area (Å²) in [5, 5.41) is 7.95. The monoisotopic (exact) mass is 234 g/mol. The maximum absolute atomic E-state index is 10.3. The van der Waals surface area contributed by atoms with Crippen molar-refractivity contribution in [2.45, 2.75) is 13.3 Å². The Morgan fingerprint density at radius 3 is 2.45 bits per heavy atom. The number of ketones is 1.